The molecule has 0 radical (unpaired) electrons. The number of fused-ring (bicyclic) bond motifs is 6. The van der Waals surface area contributed by atoms with Crippen LogP contribution in [0.5, 0.6) is 0 Å². The minimum atomic E-state index is 0.115. The number of rotatable bonds is 8. The molecule has 0 spiro atoms. The van der Waals surface area contributed by atoms with E-state index in [4.69, 9.17) is 8.83 Å². The van der Waals surface area contributed by atoms with Crippen LogP contribution in [0.3, 0.4) is 0 Å². The zero-order chi connectivity index (χ0) is 47.3. The van der Waals surface area contributed by atoms with Crippen LogP contribution in [0.4, 0.5) is 34.1 Å². The van der Waals surface area contributed by atoms with Crippen molar-refractivity contribution in [3.05, 3.63) is 240 Å². The molecule has 0 saturated heterocycles. The second-order valence-corrected chi connectivity index (χ2v) is 20.1. The maximum absolute atomic E-state index is 7.24. The van der Waals surface area contributed by atoms with Crippen molar-refractivity contribution in [3.8, 4) is 0 Å². The van der Waals surface area contributed by atoms with Crippen LogP contribution < -0.4 is 9.80 Å². The molecule has 4 heteroatoms. The molecule has 4 atom stereocenters. The topological polar surface area (TPSA) is 32.8 Å². The molecule has 0 saturated carbocycles. The third-order valence-electron chi connectivity index (χ3n) is 15.5. The number of allylic oxidation sites excluding steroid dienone is 7. The first kappa shape index (κ1) is 41.6. The Hall–Kier alpha value is -8.34. The molecule has 0 amide bonds. The summed E-state index contributed by atoms with van der Waals surface area (Å²) in [6.07, 6.45) is 16.1. The van der Waals surface area contributed by atoms with Gasteiger partial charge in [0.15, 0.2) is 11.2 Å². The number of para-hydroxylation sites is 4. The largest absolute Gasteiger partial charge is 0.458 e. The fraction of sp³-hybridized carbons (Fsp3) is 0.134. The maximum Gasteiger partial charge on any atom is 0.159 e. The summed E-state index contributed by atoms with van der Waals surface area (Å²) in [7, 11) is 0. The summed E-state index contributed by atoms with van der Waals surface area (Å²) in [5.41, 5.74) is 14.4. The molecule has 11 aromatic rings. The van der Waals surface area contributed by atoms with Crippen molar-refractivity contribution in [2.45, 2.75) is 39.5 Å². The number of nitrogens with zero attached hydrogens (tertiary/aromatic N) is 2. The van der Waals surface area contributed by atoms with Gasteiger partial charge >= 0.3 is 0 Å². The normalized spacial score (nSPS) is 18.6. The molecule has 342 valence electrons. The first-order valence-corrected chi connectivity index (χ1v) is 25.3. The summed E-state index contributed by atoms with van der Waals surface area (Å²) in [6, 6.07) is 64.2. The summed E-state index contributed by atoms with van der Waals surface area (Å²) in [5.74, 6) is 3.31. The number of benzene rings is 9. The Balaban J connectivity index is 0.971. The highest BCUT2D eigenvalue weighted by atomic mass is 16.3. The number of anilines is 6. The second kappa shape index (κ2) is 16.4. The van der Waals surface area contributed by atoms with Crippen molar-refractivity contribution in [2.75, 3.05) is 9.80 Å². The summed E-state index contributed by atoms with van der Waals surface area (Å²) >= 11 is 0. The molecule has 14 rings (SSSR count). The Morgan fingerprint density at radius 3 is 1.68 bits per heavy atom. The molecule has 4 nitrogen and oxygen atoms in total. The monoisotopic (exact) mass is 916 g/mol. The van der Waals surface area contributed by atoms with Crippen molar-refractivity contribution in [3.63, 3.8) is 0 Å². The van der Waals surface area contributed by atoms with Crippen molar-refractivity contribution in [1.29, 1.82) is 0 Å². The lowest BCUT2D eigenvalue weighted by Gasteiger charge is -2.29. The van der Waals surface area contributed by atoms with E-state index in [-0.39, 0.29) is 11.8 Å². The van der Waals surface area contributed by atoms with E-state index in [0.717, 1.165) is 80.6 Å². The first-order valence-electron chi connectivity index (χ1n) is 25.3. The molecule has 2 aromatic heterocycles. The van der Waals surface area contributed by atoms with E-state index in [0.29, 0.717) is 11.8 Å². The smallest absolute Gasteiger partial charge is 0.159 e. The van der Waals surface area contributed by atoms with E-state index in [2.05, 4.69) is 243 Å². The van der Waals surface area contributed by atoms with Crippen LogP contribution in [-0.2, 0) is 6.42 Å². The van der Waals surface area contributed by atoms with Crippen LogP contribution in [0.25, 0.3) is 65.9 Å². The van der Waals surface area contributed by atoms with E-state index in [9.17, 15) is 0 Å². The Kier molecular flexibility index (Phi) is 9.61. The Morgan fingerprint density at radius 1 is 0.479 bits per heavy atom. The van der Waals surface area contributed by atoms with E-state index < -0.39 is 0 Å². The van der Waals surface area contributed by atoms with E-state index >= 15 is 0 Å². The molecular formula is C67H52N2O2. The Bertz CT molecular complexity index is 4000. The standard InChI is InChI=1S/C67H52N2O2/c1-41-16-13-19-47(38-41)55-39-42(2)40-56-51-25-15-27-60(66(51)70-64(55)56)69(49-22-11-6-12-23-49)58-37-32-46-29-34-53-57(36-31-45-30-35-54(58)63(46)62(45)53)68(48-20-9-5-10-21-48)59-26-14-24-50-52-33-28-43(3)61(67(52)71-65(50)59)44-17-7-4-8-18-44/h4-15,17-39,41-43,61H,16,40H2,1-3H3. The molecule has 9 aromatic carbocycles. The van der Waals surface area contributed by atoms with Gasteiger partial charge < -0.3 is 18.6 Å². The van der Waals surface area contributed by atoms with Crippen molar-refractivity contribution in [2.24, 2.45) is 17.8 Å². The van der Waals surface area contributed by atoms with Gasteiger partial charge in [-0.15, -0.1) is 0 Å². The number of furan rings is 2. The molecule has 71 heavy (non-hydrogen) atoms. The summed E-state index contributed by atoms with van der Waals surface area (Å²) < 4.78 is 14.5. The van der Waals surface area contributed by atoms with Gasteiger partial charge in [0.05, 0.1) is 22.7 Å². The SMILES string of the molecule is CC1C=C(C2=CC(C)Cc3c2oc2c(N(c4ccccc4)c4ccc5ccc6c(N(c7ccccc7)c7cccc8c9c(oc78)C(c7ccccc7)C(C)C=C9)ccc7ccc4c5c76)cccc32)C=CC1. The lowest BCUT2D eigenvalue weighted by molar-refractivity contribution is 0.469. The molecule has 0 fully saturated rings. The number of hydrogen-bond acceptors (Lipinski definition) is 4. The highest BCUT2D eigenvalue weighted by Crippen LogP contribution is 2.52. The van der Waals surface area contributed by atoms with Gasteiger partial charge in [-0.05, 0) is 112 Å². The van der Waals surface area contributed by atoms with Crippen LogP contribution in [0.15, 0.2) is 221 Å². The molecule has 0 aliphatic heterocycles. The zero-order valence-electron chi connectivity index (χ0n) is 40.1. The van der Waals surface area contributed by atoms with Gasteiger partial charge in [0, 0.05) is 55.5 Å². The molecular weight excluding hydrogens is 865 g/mol. The third-order valence-corrected chi connectivity index (χ3v) is 15.5. The summed E-state index contributed by atoms with van der Waals surface area (Å²) in [6.45, 7) is 6.92. The molecule has 3 aliphatic carbocycles. The first-order chi connectivity index (χ1) is 35.0. The van der Waals surface area contributed by atoms with Crippen LogP contribution in [0, 0.1) is 17.8 Å². The quantitative estimate of drug-likeness (QED) is 0.142. The Morgan fingerprint density at radius 2 is 1.06 bits per heavy atom. The minimum absolute atomic E-state index is 0.115. The van der Waals surface area contributed by atoms with Crippen LogP contribution in [0.1, 0.15) is 61.3 Å². The minimum Gasteiger partial charge on any atom is -0.458 e. The van der Waals surface area contributed by atoms with Gasteiger partial charge in [0.25, 0.3) is 0 Å². The van der Waals surface area contributed by atoms with Crippen molar-refractivity contribution in [1.82, 2.24) is 0 Å². The highest BCUT2D eigenvalue weighted by Gasteiger charge is 2.33. The van der Waals surface area contributed by atoms with Gasteiger partial charge in [-0.1, -0.05) is 185 Å². The highest BCUT2D eigenvalue weighted by molar-refractivity contribution is 6.28. The van der Waals surface area contributed by atoms with Gasteiger partial charge in [-0.25, -0.2) is 0 Å². The van der Waals surface area contributed by atoms with Gasteiger partial charge in [0.1, 0.15) is 11.5 Å². The maximum atomic E-state index is 7.24. The predicted molar refractivity (Wildman–Crippen MR) is 297 cm³/mol. The molecule has 2 heterocycles. The van der Waals surface area contributed by atoms with Gasteiger partial charge in [-0.3, -0.25) is 0 Å². The number of hydrogen-bond donors (Lipinski definition) is 0. The van der Waals surface area contributed by atoms with Crippen LogP contribution >= 0.6 is 0 Å². The fourth-order valence-electron chi connectivity index (χ4n) is 12.3. The van der Waals surface area contributed by atoms with Crippen molar-refractivity contribution >= 4 is 100 Å². The fourth-order valence-corrected chi connectivity index (χ4v) is 12.3. The Labute approximate surface area is 414 Å². The van der Waals surface area contributed by atoms with E-state index in [1.165, 1.54) is 60.0 Å². The van der Waals surface area contributed by atoms with E-state index in [1.54, 1.807) is 0 Å². The van der Waals surface area contributed by atoms with Crippen LogP contribution in [-0.4, -0.2) is 0 Å². The zero-order valence-corrected chi connectivity index (χ0v) is 40.1. The van der Waals surface area contributed by atoms with Gasteiger partial charge in [-0.2, -0.15) is 0 Å². The second-order valence-electron chi connectivity index (χ2n) is 20.1. The average molecular weight is 917 g/mol. The van der Waals surface area contributed by atoms with Crippen molar-refractivity contribution < 1.29 is 8.83 Å². The summed E-state index contributed by atoms with van der Waals surface area (Å²) in [5, 5.41) is 9.52. The third kappa shape index (κ3) is 6.58. The lowest BCUT2D eigenvalue weighted by atomic mass is 9.80. The molecule has 0 bridgehead atoms. The molecule has 4 unspecified atom stereocenters. The van der Waals surface area contributed by atoms with Crippen LogP contribution in [0.2, 0.25) is 0 Å². The average Bonchev–Trinajstić information content (AvgIpc) is 3.99. The molecule has 3 aliphatic rings. The predicted octanol–water partition coefficient (Wildman–Crippen LogP) is 18.9. The molecule has 0 N–H and O–H groups in total. The van der Waals surface area contributed by atoms with E-state index in [1.807, 2.05) is 0 Å². The van der Waals surface area contributed by atoms with Gasteiger partial charge in [0.2, 0.25) is 0 Å². The lowest BCUT2D eigenvalue weighted by Crippen LogP contribution is -2.12. The summed E-state index contributed by atoms with van der Waals surface area (Å²) in [4.78, 5) is 4.83.